The van der Waals surface area contributed by atoms with Gasteiger partial charge in [-0.3, -0.25) is 0 Å². The van der Waals surface area contributed by atoms with Crippen molar-refractivity contribution in [3.63, 3.8) is 0 Å². The fourth-order valence-corrected chi connectivity index (χ4v) is 2.80. The quantitative estimate of drug-likeness (QED) is 0.870. The average Bonchev–Trinajstić information content (AvgIpc) is 2.69. The third kappa shape index (κ3) is 4.85. The zero-order valence-corrected chi connectivity index (χ0v) is 15.9. The molecule has 3 rings (SSSR count). The molecule has 2 aromatic rings. The third-order valence-corrected chi connectivity index (χ3v) is 4.14. The molecule has 144 valence electrons. The van der Waals surface area contributed by atoms with Gasteiger partial charge in [-0.05, 0) is 25.1 Å². The number of urea groups is 1. The first-order chi connectivity index (χ1) is 13.1. The standard InChI is InChI=1S/C19H25N5O3/c1-4-26-15-7-5-6-14(12-15)21-19(25)24-10-11-27-17(13-24)16-8-9-20-18(22-16)23(2)3/h5-9,12,17H,4,10-11,13H2,1-3H3,(H,21,25). The van der Waals surface area contributed by atoms with Crippen molar-refractivity contribution >= 4 is 17.7 Å². The summed E-state index contributed by atoms with van der Waals surface area (Å²) in [5, 5.41) is 2.92. The summed E-state index contributed by atoms with van der Waals surface area (Å²) in [7, 11) is 3.77. The number of anilines is 2. The van der Waals surface area contributed by atoms with E-state index in [0.29, 0.717) is 37.9 Å². The molecule has 0 spiro atoms. The van der Waals surface area contributed by atoms with Crippen LogP contribution in [0.25, 0.3) is 0 Å². The molecule has 27 heavy (non-hydrogen) atoms. The van der Waals surface area contributed by atoms with Crippen LogP contribution in [0.3, 0.4) is 0 Å². The normalized spacial score (nSPS) is 16.7. The summed E-state index contributed by atoms with van der Waals surface area (Å²) in [6, 6.07) is 9.02. The second kappa shape index (κ2) is 8.68. The van der Waals surface area contributed by atoms with Crippen LogP contribution in [0.15, 0.2) is 36.5 Å². The Morgan fingerprint density at radius 3 is 3.04 bits per heavy atom. The van der Waals surface area contributed by atoms with E-state index in [0.717, 1.165) is 11.4 Å². The number of carbonyl (C=O) groups excluding carboxylic acids is 1. The van der Waals surface area contributed by atoms with Gasteiger partial charge >= 0.3 is 6.03 Å². The first-order valence-electron chi connectivity index (χ1n) is 8.97. The molecule has 0 radical (unpaired) electrons. The van der Waals surface area contributed by atoms with E-state index in [1.807, 2.05) is 56.3 Å². The van der Waals surface area contributed by atoms with Crippen LogP contribution in [-0.2, 0) is 4.74 Å². The topological polar surface area (TPSA) is 79.8 Å². The highest BCUT2D eigenvalue weighted by atomic mass is 16.5. The van der Waals surface area contributed by atoms with Gasteiger partial charge in [0.05, 0.1) is 25.5 Å². The summed E-state index contributed by atoms with van der Waals surface area (Å²) in [6.07, 6.45) is 1.43. The van der Waals surface area contributed by atoms with Gasteiger partial charge in [0.25, 0.3) is 0 Å². The van der Waals surface area contributed by atoms with Gasteiger partial charge in [-0.25, -0.2) is 14.8 Å². The molecule has 1 aliphatic heterocycles. The van der Waals surface area contributed by atoms with Gasteiger partial charge in [0.2, 0.25) is 5.95 Å². The molecule has 1 fully saturated rings. The van der Waals surface area contributed by atoms with E-state index < -0.39 is 0 Å². The van der Waals surface area contributed by atoms with E-state index in [1.54, 1.807) is 11.1 Å². The van der Waals surface area contributed by atoms with Gasteiger partial charge in [0.15, 0.2) is 0 Å². The van der Waals surface area contributed by atoms with Crippen LogP contribution in [0.1, 0.15) is 18.7 Å². The van der Waals surface area contributed by atoms with E-state index in [4.69, 9.17) is 9.47 Å². The Hall–Kier alpha value is -2.87. The Morgan fingerprint density at radius 2 is 2.26 bits per heavy atom. The zero-order valence-electron chi connectivity index (χ0n) is 15.9. The number of hydrogen-bond acceptors (Lipinski definition) is 6. The van der Waals surface area contributed by atoms with Gasteiger partial charge < -0.3 is 24.6 Å². The largest absolute Gasteiger partial charge is 0.494 e. The van der Waals surface area contributed by atoms with E-state index in [1.165, 1.54) is 0 Å². The molecule has 2 amide bonds. The maximum atomic E-state index is 12.7. The van der Waals surface area contributed by atoms with Crippen LogP contribution < -0.4 is 15.0 Å². The zero-order chi connectivity index (χ0) is 19.2. The molecule has 2 heterocycles. The van der Waals surface area contributed by atoms with E-state index in [-0.39, 0.29) is 12.1 Å². The van der Waals surface area contributed by atoms with E-state index >= 15 is 0 Å². The minimum Gasteiger partial charge on any atom is -0.494 e. The molecule has 0 aliphatic carbocycles. The van der Waals surface area contributed by atoms with Crippen molar-refractivity contribution in [2.45, 2.75) is 13.0 Å². The number of morpholine rings is 1. The summed E-state index contributed by atoms with van der Waals surface area (Å²) < 4.78 is 11.3. The minimum absolute atomic E-state index is 0.168. The highest BCUT2D eigenvalue weighted by Crippen LogP contribution is 2.23. The fourth-order valence-electron chi connectivity index (χ4n) is 2.80. The van der Waals surface area contributed by atoms with Crippen LogP contribution >= 0.6 is 0 Å². The smallest absolute Gasteiger partial charge is 0.322 e. The van der Waals surface area contributed by atoms with Gasteiger partial charge in [0.1, 0.15) is 11.9 Å². The first-order valence-corrected chi connectivity index (χ1v) is 8.97. The predicted molar refractivity (Wildman–Crippen MR) is 103 cm³/mol. The minimum atomic E-state index is -0.277. The monoisotopic (exact) mass is 371 g/mol. The molecule has 1 saturated heterocycles. The lowest BCUT2D eigenvalue weighted by Crippen LogP contribution is -2.44. The number of carbonyl (C=O) groups is 1. The number of aromatic nitrogens is 2. The highest BCUT2D eigenvalue weighted by molar-refractivity contribution is 5.89. The molecular formula is C19H25N5O3. The second-order valence-electron chi connectivity index (χ2n) is 6.37. The SMILES string of the molecule is CCOc1cccc(NC(=O)N2CCOC(c3ccnc(N(C)C)n3)C2)c1. The molecule has 1 N–H and O–H groups in total. The Labute approximate surface area is 159 Å². The molecule has 8 heteroatoms. The van der Waals surface area contributed by atoms with Crippen LogP contribution in [-0.4, -0.2) is 61.3 Å². The van der Waals surface area contributed by atoms with Gasteiger partial charge in [-0.15, -0.1) is 0 Å². The summed E-state index contributed by atoms with van der Waals surface area (Å²) >= 11 is 0. The van der Waals surface area contributed by atoms with Crippen molar-refractivity contribution in [1.29, 1.82) is 0 Å². The van der Waals surface area contributed by atoms with Crippen molar-refractivity contribution in [3.05, 3.63) is 42.2 Å². The van der Waals surface area contributed by atoms with Crippen LogP contribution in [0.5, 0.6) is 5.75 Å². The van der Waals surface area contributed by atoms with Crippen LogP contribution in [0.2, 0.25) is 0 Å². The predicted octanol–water partition coefficient (Wildman–Crippen LogP) is 2.55. The fraction of sp³-hybridized carbons (Fsp3) is 0.421. The summed E-state index contributed by atoms with van der Waals surface area (Å²) in [6.45, 7) is 3.92. The Kier molecular flexibility index (Phi) is 6.08. The molecule has 1 aliphatic rings. The number of hydrogen-bond donors (Lipinski definition) is 1. The maximum Gasteiger partial charge on any atom is 0.322 e. The lowest BCUT2D eigenvalue weighted by atomic mass is 10.2. The molecule has 1 aromatic heterocycles. The molecular weight excluding hydrogens is 346 g/mol. The number of ether oxygens (including phenoxy) is 2. The number of rotatable bonds is 5. The molecule has 0 bridgehead atoms. The lowest BCUT2D eigenvalue weighted by Gasteiger charge is -2.32. The van der Waals surface area contributed by atoms with E-state index in [2.05, 4.69) is 15.3 Å². The Balaban J connectivity index is 1.66. The molecule has 8 nitrogen and oxygen atoms in total. The van der Waals surface area contributed by atoms with Crippen molar-refractivity contribution in [2.24, 2.45) is 0 Å². The molecule has 1 aromatic carbocycles. The summed E-state index contributed by atoms with van der Waals surface area (Å²) in [5.74, 6) is 1.35. The van der Waals surface area contributed by atoms with Crippen molar-refractivity contribution in [3.8, 4) is 5.75 Å². The summed E-state index contributed by atoms with van der Waals surface area (Å²) in [5.41, 5.74) is 1.47. The van der Waals surface area contributed by atoms with Crippen molar-refractivity contribution < 1.29 is 14.3 Å². The van der Waals surface area contributed by atoms with Gasteiger partial charge in [-0.2, -0.15) is 0 Å². The third-order valence-electron chi connectivity index (χ3n) is 4.14. The molecule has 1 unspecified atom stereocenters. The Morgan fingerprint density at radius 1 is 1.41 bits per heavy atom. The van der Waals surface area contributed by atoms with Crippen LogP contribution in [0, 0.1) is 0 Å². The van der Waals surface area contributed by atoms with Gasteiger partial charge in [-0.1, -0.05) is 6.07 Å². The molecule has 0 saturated carbocycles. The van der Waals surface area contributed by atoms with Gasteiger partial charge in [0, 0.05) is 38.6 Å². The average molecular weight is 371 g/mol. The number of amides is 2. The second-order valence-corrected chi connectivity index (χ2v) is 6.37. The maximum absolute atomic E-state index is 12.7. The first kappa shape index (κ1) is 18.9. The Bertz CT molecular complexity index is 783. The number of nitrogens with one attached hydrogen (secondary N) is 1. The van der Waals surface area contributed by atoms with E-state index in [9.17, 15) is 4.79 Å². The lowest BCUT2D eigenvalue weighted by molar-refractivity contribution is -0.0157. The number of nitrogens with zero attached hydrogens (tertiary/aromatic N) is 4. The highest BCUT2D eigenvalue weighted by Gasteiger charge is 2.27. The van der Waals surface area contributed by atoms with Crippen molar-refractivity contribution in [2.75, 3.05) is 50.6 Å². The number of benzene rings is 1. The molecule has 1 atom stereocenters. The summed E-state index contributed by atoms with van der Waals surface area (Å²) in [4.78, 5) is 25.0. The van der Waals surface area contributed by atoms with Crippen molar-refractivity contribution in [1.82, 2.24) is 14.9 Å². The van der Waals surface area contributed by atoms with Crippen LogP contribution in [0.4, 0.5) is 16.4 Å².